The van der Waals surface area contributed by atoms with Gasteiger partial charge in [-0.2, -0.15) is 0 Å². The number of nitrogens with zero attached hydrogens (tertiary/aromatic N) is 1. The predicted molar refractivity (Wildman–Crippen MR) is 57.0 cm³/mol. The fourth-order valence-corrected chi connectivity index (χ4v) is 1.87. The molecular weight excluding hydrogens is 178 g/mol. The van der Waals surface area contributed by atoms with Crippen LogP contribution in [0.2, 0.25) is 0 Å². The third-order valence-corrected chi connectivity index (χ3v) is 2.61. The summed E-state index contributed by atoms with van der Waals surface area (Å²) in [4.78, 5) is 13.0. The van der Waals surface area contributed by atoms with Crippen LogP contribution in [0.3, 0.4) is 0 Å². The van der Waals surface area contributed by atoms with Crippen molar-refractivity contribution in [3.63, 3.8) is 0 Å². The van der Waals surface area contributed by atoms with Crippen molar-refractivity contribution in [3.05, 3.63) is 0 Å². The van der Waals surface area contributed by atoms with E-state index in [1.165, 1.54) is 32.4 Å². The van der Waals surface area contributed by atoms with Gasteiger partial charge >= 0.3 is 0 Å². The van der Waals surface area contributed by atoms with E-state index in [2.05, 4.69) is 17.1 Å². The number of primary amides is 1. The van der Waals surface area contributed by atoms with Gasteiger partial charge in [0.15, 0.2) is 0 Å². The first kappa shape index (κ1) is 11.5. The third-order valence-electron chi connectivity index (χ3n) is 2.61. The molecule has 0 aromatic carbocycles. The maximum Gasteiger partial charge on any atom is 0.231 e. The van der Waals surface area contributed by atoms with Crippen molar-refractivity contribution in [2.75, 3.05) is 26.2 Å². The highest BCUT2D eigenvalue weighted by Crippen LogP contribution is 2.08. The van der Waals surface area contributed by atoms with Crippen LogP contribution in [0.4, 0.5) is 0 Å². The lowest BCUT2D eigenvalue weighted by atomic mass is 10.1. The lowest BCUT2D eigenvalue weighted by Gasteiger charge is -2.29. The number of rotatable bonds is 5. The zero-order valence-electron chi connectivity index (χ0n) is 8.96. The molecule has 1 unspecified atom stereocenters. The molecule has 0 spiro atoms. The van der Waals surface area contributed by atoms with Crippen LogP contribution in [0.25, 0.3) is 0 Å². The van der Waals surface area contributed by atoms with Crippen LogP contribution >= 0.6 is 0 Å². The number of nitrogens with one attached hydrogen (secondary N) is 1. The predicted octanol–water partition coefficient (Wildman–Crippen LogP) is -0.0643. The van der Waals surface area contributed by atoms with E-state index in [1.807, 2.05) is 0 Å². The molecule has 0 bridgehead atoms. The van der Waals surface area contributed by atoms with Gasteiger partial charge in [0.05, 0.1) is 6.54 Å². The quantitative estimate of drug-likeness (QED) is 0.652. The first-order chi connectivity index (χ1) is 6.68. The van der Waals surface area contributed by atoms with Gasteiger partial charge < -0.3 is 16.0 Å². The summed E-state index contributed by atoms with van der Waals surface area (Å²) in [6, 6.07) is 0.348. The maximum absolute atomic E-state index is 10.5. The Hall–Kier alpha value is -0.610. The molecule has 4 nitrogen and oxygen atoms in total. The number of hydrogen-bond donors (Lipinski definition) is 2. The minimum Gasteiger partial charge on any atom is -0.369 e. The molecule has 0 aliphatic carbocycles. The Morgan fingerprint density at radius 1 is 1.43 bits per heavy atom. The molecule has 0 aromatic rings. The van der Waals surface area contributed by atoms with Crippen molar-refractivity contribution >= 4 is 5.91 Å². The van der Waals surface area contributed by atoms with Crippen LogP contribution in [-0.2, 0) is 4.79 Å². The Labute approximate surface area is 85.8 Å². The van der Waals surface area contributed by atoms with Crippen molar-refractivity contribution in [3.8, 4) is 0 Å². The number of carbonyl (C=O) groups excluding carboxylic acids is 1. The molecule has 1 fully saturated rings. The molecule has 1 heterocycles. The van der Waals surface area contributed by atoms with E-state index < -0.39 is 0 Å². The Morgan fingerprint density at radius 2 is 2.07 bits per heavy atom. The van der Waals surface area contributed by atoms with Crippen LogP contribution in [0.1, 0.15) is 26.2 Å². The highest BCUT2D eigenvalue weighted by Gasteiger charge is 2.12. The molecule has 14 heavy (non-hydrogen) atoms. The molecule has 1 atom stereocenters. The second kappa shape index (κ2) is 5.98. The lowest BCUT2D eigenvalue weighted by molar-refractivity contribution is -0.117. The molecule has 1 amide bonds. The highest BCUT2D eigenvalue weighted by atomic mass is 16.1. The lowest BCUT2D eigenvalue weighted by Crippen LogP contribution is -2.44. The summed E-state index contributed by atoms with van der Waals surface area (Å²) in [5, 5.41) is 3.11. The van der Waals surface area contributed by atoms with E-state index >= 15 is 0 Å². The molecule has 0 saturated carbocycles. The van der Waals surface area contributed by atoms with E-state index in [4.69, 9.17) is 5.73 Å². The van der Waals surface area contributed by atoms with Crippen LogP contribution in [-0.4, -0.2) is 43.0 Å². The van der Waals surface area contributed by atoms with Crippen LogP contribution < -0.4 is 11.1 Å². The maximum atomic E-state index is 10.5. The summed E-state index contributed by atoms with van der Waals surface area (Å²) in [5.41, 5.74) is 5.06. The largest absolute Gasteiger partial charge is 0.369 e. The molecule has 0 aromatic heterocycles. The number of likely N-dealkylation sites (tertiary alicyclic amines) is 1. The minimum absolute atomic E-state index is 0.282. The Balaban J connectivity index is 2.11. The summed E-state index contributed by atoms with van der Waals surface area (Å²) < 4.78 is 0. The van der Waals surface area contributed by atoms with Crippen molar-refractivity contribution in [1.82, 2.24) is 10.2 Å². The van der Waals surface area contributed by atoms with Gasteiger partial charge in [-0.3, -0.25) is 4.79 Å². The Bertz CT molecular complexity index is 178. The van der Waals surface area contributed by atoms with Crippen LogP contribution in [0.5, 0.6) is 0 Å². The van der Waals surface area contributed by atoms with Crippen molar-refractivity contribution < 1.29 is 4.79 Å². The number of nitrogens with two attached hydrogens (primary N) is 1. The molecule has 0 radical (unpaired) electrons. The molecule has 1 aliphatic rings. The molecule has 4 heteroatoms. The topological polar surface area (TPSA) is 58.4 Å². The van der Waals surface area contributed by atoms with Crippen LogP contribution in [0, 0.1) is 0 Å². The van der Waals surface area contributed by atoms with Crippen LogP contribution in [0.15, 0.2) is 0 Å². The first-order valence-electron chi connectivity index (χ1n) is 5.42. The van der Waals surface area contributed by atoms with Gasteiger partial charge in [0.25, 0.3) is 0 Å². The summed E-state index contributed by atoms with van der Waals surface area (Å²) in [6.45, 7) is 5.80. The normalized spacial score (nSPS) is 20.6. The summed E-state index contributed by atoms with van der Waals surface area (Å²) in [6.07, 6.45) is 3.98. The summed E-state index contributed by atoms with van der Waals surface area (Å²) in [5.74, 6) is -0.282. The van der Waals surface area contributed by atoms with Gasteiger partial charge in [-0.05, 0) is 32.9 Å². The monoisotopic (exact) mass is 199 g/mol. The van der Waals surface area contributed by atoms with E-state index in [-0.39, 0.29) is 12.5 Å². The van der Waals surface area contributed by atoms with Gasteiger partial charge in [0, 0.05) is 12.6 Å². The number of amides is 1. The summed E-state index contributed by atoms with van der Waals surface area (Å²) in [7, 11) is 0. The fraction of sp³-hybridized carbons (Fsp3) is 0.900. The third kappa shape index (κ3) is 4.58. The average Bonchev–Trinajstić information content (AvgIpc) is 2.16. The van der Waals surface area contributed by atoms with E-state index in [0.717, 1.165) is 6.54 Å². The van der Waals surface area contributed by atoms with E-state index in [9.17, 15) is 4.79 Å². The van der Waals surface area contributed by atoms with E-state index in [1.54, 1.807) is 0 Å². The molecular formula is C10H21N3O. The van der Waals surface area contributed by atoms with Gasteiger partial charge in [-0.25, -0.2) is 0 Å². The molecule has 3 N–H and O–H groups in total. The standard InChI is InChI=1S/C10H21N3O/c1-9(12-7-10(11)14)8-13-5-3-2-4-6-13/h9,12H,2-8H2,1H3,(H2,11,14). The van der Waals surface area contributed by atoms with Gasteiger partial charge in [0.1, 0.15) is 0 Å². The van der Waals surface area contributed by atoms with Crippen molar-refractivity contribution in [1.29, 1.82) is 0 Å². The first-order valence-corrected chi connectivity index (χ1v) is 5.42. The van der Waals surface area contributed by atoms with Crippen molar-refractivity contribution in [2.45, 2.75) is 32.2 Å². The van der Waals surface area contributed by atoms with Gasteiger partial charge in [0.2, 0.25) is 5.91 Å². The molecule has 1 saturated heterocycles. The summed E-state index contributed by atoms with van der Waals surface area (Å²) >= 11 is 0. The highest BCUT2D eigenvalue weighted by molar-refractivity contribution is 5.75. The Kier molecular flexibility index (Phi) is 4.90. The fourth-order valence-electron chi connectivity index (χ4n) is 1.87. The molecule has 1 rings (SSSR count). The van der Waals surface area contributed by atoms with Crippen molar-refractivity contribution in [2.24, 2.45) is 5.73 Å². The molecule has 82 valence electrons. The van der Waals surface area contributed by atoms with E-state index in [0.29, 0.717) is 6.04 Å². The number of piperidine rings is 1. The minimum atomic E-state index is -0.282. The second-order valence-electron chi connectivity index (χ2n) is 4.11. The number of carbonyl (C=O) groups is 1. The number of hydrogen-bond acceptors (Lipinski definition) is 3. The second-order valence-corrected chi connectivity index (χ2v) is 4.11. The van der Waals surface area contributed by atoms with Gasteiger partial charge in [-0.15, -0.1) is 0 Å². The van der Waals surface area contributed by atoms with Gasteiger partial charge in [-0.1, -0.05) is 6.42 Å². The molecule has 1 aliphatic heterocycles. The average molecular weight is 199 g/mol. The Morgan fingerprint density at radius 3 is 2.64 bits per heavy atom. The zero-order chi connectivity index (χ0) is 10.4. The smallest absolute Gasteiger partial charge is 0.231 e. The SMILES string of the molecule is CC(CN1CCCCC1)NCC(N)=O. The zero-order valence-corrected chi connectivity index (χ0v) is 8.96.